The van der Waals surface area contributed by atoms with E-state index in [0.717, 1.165) is 0 Å². The van der Waals surface area contributed by atoms with Crippen molar-refractivity contribution in [3.8, 4) is 11.5 Å². The molecule has 0 radical (unpaired) electrons. The third-order valence-electron chi connectivity index (χ3n) is 2.25. The molecule has 0 amide bonds. The summed E-state index contributed by atoms with van der Waals surface area (Å²) in [6, 6.07) is 6.22. The van der Waals surface area contributed by atoms with Gasteiger partial charge in [-0.05, 0) is 24.3 Å². The monoisotopic (exact) mass is 355 g/mol. The van der Waals surface area contributed by atoms with E-state index in [1.54, 1.807) is 18.2 Å². The number of rotatable bonds is 2. The number of nitrogen functional groups attached to an aromatic ring is 1. The summed E-state index contributed by atoms with van der Waals surface area (Å²) >= 11 is 29.6. The van der Waals surface area contributed by atoms with Gasteiger partial charge in [0.05, 0.1) is 20.8 Å². The lowest BCUT2D eigenvalue weighted by Gasteiger charge is -2.13. The number of hydrogen-bond donors (Lipinski definition) is 1. The Morgan fingerprint density at radius 2 is 1.53 bits per heavy atom. The van der Waals surface area contributed by atoms with Gasteiger partial charge >= 0.3 is 0 Å². The molecule has 2 aromatic rings. The topological polar surface area (TPSA) is 35.2 Å². The average Bonchev–Trinajstić information content (AvgIpc) is 2.34. The molecule has 0 fully saturated rings. The van der Waals surface area contributed by atoms with E-state index in [0.29, 0.717) is 15.8 Å². The molecule has 100 valence electrons. The standard InChI is InChI=1S/C12H6Cl5NO/c13-5-1-2-9(6(14)3-5)19-12-8(18)4-7(15)10(16)11(12)17/h1-4H,18H2. The van der Waals surface area contributed by atoms with Gasteiger partial charge in [0.15, 0.2) is 5.75 Å². The van der Waals surface area contributed by atoms with Gasteiger partial charge in [-0.15, -0.1) is 0 Å². The number of halogens is 5. The summed E-state index contributed by atoms with van der Waals surface area (Å²) in [6.45, 7) is 0. The number of ether oxygens (including phenoxy) is 1. The van der Waals surface area contributed by atoms with Crippen molar-refractivity contribution in [2.45, 2.75) is 0 Å². The highest BCUT2D eigenvalue weighted by Gasteiger charge is 2.16. The Hall–Kier alpha value is -0.510. The fourth-order valence-corrected chi connectivity index (χ4v) is 2.47. The zero-order valence-corrected chi connectivity index (χ0v) is 13.0. The smallest absolute Gasteiger partial charge is 0.170 e. The van der Waals surface area contributed by atoms with Crippen molar-refractivity contribution in [3.05, 3.63) is 49.4 Å². The second-order valence-corrected chi connectivity index (χ2v) is 5.59. The van der Waals surface area contributed by atoms with Gasteiger partial charge in [0.2, 0.25) is 0 Å². The Bertz CT molecular complexity index is 645. The highest BCUT2D eigenvalue weighted by Crippen LogP contribution is 2.44. The van der Waals surface area contributed by atoms with Gasteiger partial charge < -0.3 is 10.5 Å². The summed E-state index contributed by atoms with van der Waals surface area (Å²) < 4.78 is 5.57. The second-order valence-electron chi connectivity index (χ2n) is 3.58. The fraction of sp³-hybridized carbons (Fsp3) is 0. The summed E-state index contributed by atoms with van der Waals surface area (Å²) in [6.07, 6.45) is 0. The predicted molar refractivity (Wildman–Crippen MR) is 82.4 cm³/mol. The molecule has 19 heavy (non-hydrogen) atoms. The van der Waals surface area contributed by atoms with Crippen LogP contribution < -0.4 is 10.5 Å². The molecule has 0 atom stereocenters. The van der Waals surface area contributed by atoms with Crippen molar-refractivity contribution >= 4 is 63.7 Å². The Balaban J connectivity index is 2.47. The number of benzene rings is 2. The van der Waals surface area contributed by atoms with Gasteiger partial charge in [0, 0.05) is 5.02 Å². The van der Waals surface area contributed by atoms with Gasteiger partial charge in [0.25, 0.3) is 0 Å². The first-order valence-electron chi connectivity index (χ1n) is 4.96. The molecule has 7 heteroatoms. The van der Waals surface area contributed by atoms with Crippen molar-refractivity contribution in [2.24, 2.45) is 0 Å². The molecule has 0 aliphatic carbocycles. The van der Waals surface area contributed by atoms with Crippen LogP contribution >= 0.6 is 58.0 Å². The molecule has 0 saturated carbocycles. The van der Waals surface area contributed by atoms with E-state index in [-0.39, 0.29) is 26.5 Å². The largest absolute Gasteiger partial charge is 0.452 e. The minimum Gasteiger partial charge on any atom is -0.452 e. The molecule has 0 spiro atoms. The van der Waals surface area contributed by atoms with Crippen molar-refractivity contribution in [2.75, 3.05) is 5.73 Å². The molecular weight excluding hydrogens is 351 g/mol. The molecule has 0 unspecified atom stereocenters. The molecule has 2 nitrogen and oxygen atoms in total. The second kappa shape index (κ2) is 5.86. The molecular formula is C12H6Cl5NO. The number of anilines is 1. The van der Waals surface area contributed by atoms with Crippen LogP contribution in [0.1, 0.15) is 0 Å². The molecule has 0 aliphatic rings. The van der Waals surface area contributed by atoms with Crippen LogP contribution in [0.15, 0.2) is 24.3 Å². The maximum absolute atomic E-state index is 6.05. The fourth-order valence-electron chi connectivity index (χ4n) is 1.37. The highest BCUT2D eigenvalue weighted by molar-refractivity contribution is 6.49. The number of nitrogens with two attached hydrogens (primary N) is 1. The van der Waals surface area contributed by atoms with Crippen molar-refractivity contribution in [1.82, 2.24) is 0 Å². The van der Waals surface area contributed by atoms with E-state index in [9.17, 15) is 0 Å². The van der Waals surface area contributed by atoms with Crippen LogP contribution in [-0.2, 0) is 0 Å². The van der Waals surface area contributed by atoms with Crippen LogP contribution in [0.2, 0.25) is 25.1 Å². The third kappa shape index (κ3) is 3.15. The van der Waals surface area contributed by atoms with Crippen LogP contribution in [0, 0.1) is 0 Å². The van der Waals surface area contributed by atoms with Gasteiger partial charge in [-0.3, -0.25) is 0 Å². The van der Waals surface area contributed by atoms with E-state index in [4.69, 9.17) is 68.5 Å². The van der Waals surface area contributed by atoms with Crippen molar-refractivity contribution in [1.29, 1.82) is 0 Å². The lowest BCUT2D eigenvalue weighted by Crippen LogP contribution is -1.94. The summed E-state index contributed by atoms with van der Waals surface area (Å²) in [5.74, 6) is 0.554. The normalized spacial score (nSPS) is 10.6. The molecule has 2 aromatic carbocycles. The average molecular weight is 357 g/mol. The maximum Gasteiger partial charge on any atom is 0.170 e. The molecule has 0 saturated heterocycles. The molecule has 0 bridgehead atoms. The Morgan fingerprint density at radius 1 is 0.842 bits per heavy atom. The summed E-state index contributed by atoms with van der Waals surface area (Å²) in [5.41, 5.74) is 6.05. The van der Waals surface area contributed by atoms with Gasteiger partial charge in [-0.2, -0.15) is 0 Å². The van der Waals surface area contributed by atoms with Gasteiger partial charge in [-0.1, -0.05) is 58.0 Å². The Labute approximate surface area is 134 Å². The first-order valence-corrected chi connectivity index (χ1v) is 6.85. The first kappa shape index (κ1) is 14.9. The molecule has 0 heterocycles. The quantitative estimate of drug-likeness (QED) is 0.503. The summed E-state index contributed by atoms with van der Waals surface area (Å²) in [5, 5.41) is 1.36. The minimum atomic E-state index is 0.123. The molecule has 2 N–H and O–H groups in total. The van der Waals surface area contributed by atoms with Crippen LogP contribution in [0.5, 0.6) is 11.5 Å². The maximum atomic E-state index is 6.05. The summed E-state index contributed by atoms with van der Waals surface area (Å²) in [4.78, 5) is 0. The van der Waals surface area contributed by atoms with Crippen LogP contribution in [0.4, 0.5) is 5.69 Å². The van der Waals surface area contributed by atoms with Crippen LogP contribution in [0.25, 0.3) is 0 Å². The molecule has 2 rings (SSSR count). The Kier molecular flexibility index (Phi) is 4.59. The Morgan fingerprint density at radius 3 is 2.16 bits per heavy atom. The van der Waals surface area contributed by atoms with E-state index >= 15 is 0 Å². The first-order chi connectivity index (χ1) is 8.90. The SMILES string of the molecule is Nc1cc(Cl)c(Cl)c(Cl)c1Oc1ccc(Cl)cc1Cl. The molecule has 0 aliphatic heterocycles. The zero-order valence-electron chi connectivity index (χ0n) is 9.18. The van der Waals surface area contributed by atoms with E-state index in [1.807, 2.05) is 0 Å². The van der Waals surface area contributed by atoms with Crippen molar-refractivity contribution < 1.29 is 4.74 Å². The lowest BCUT2D eigenvalue weighted by molar-refractivity contribution is 0.485. The van der Waals surface area contributed by atoms with Gasteiger partial charge in [0.1, 0.15) is 10.8 Å². The van der Waals surface area contributed by atoms with E-state index in [2.05, 4.69) is 0 Å². The van der Waals surface area contributed by atoms with Crippen molar-refractivity contribution in [3.63, 3.8) is 0 Å². The summed E-state index contributed by atoms with van der Waals surface area (Å²) in [7, 11) is 0. The predicted octanol–water partition coefficient (Wildman–Crippen LogP) is 6.33. The van der Waals surface area contributed by atoms with Crippen LogP contribution in [0.3, 0.4) is 0 Å². The zero-order chi connectivity index (χ0) is 14.2. The van der Waals surface area contributed by atoms with E-state index < -0.39 is 0 Å². The minimum absolute atomic E-state index is 0.123. The third-order valence-corrected chi connectivity index (χ3v) is 4.03. The lowest BCUT2D eigenvalue weighted by atomic mass is 10.3. The van der Waals surface area contributed by atoms with Crippen LogP contribution in [-0.4, -0.2) is 0 Å². The number of hydrogen-bond acceptors (Lipinski definition) is 2. The van der Waals surface area contributed by atoms with Gasteiger partial charge in [-0.25, -0.2) is 0 Å². The van der Waals surface area contributed by atoms with E-state index in [1.165, 1.54) is 6.07 Å². The molecule has 0 aromatic heterocycles. The highest BCUT2D eigenvalue weighted by atomic mass is 35.5.